The van der Waals surface area contributed by atoms with Crippen molar-refractivity contribution in [2.24, 2.45) is 0 Å². The zero-order valence-corrected chi connectivity index (χ0v) is 32.7. The van der Waals surface area contributed by atoms with Crippen LogP contribution in [0.25, 0.3) is 84.1 Å². The fourth-order valence-electron chi connectivity index (χ4n) is 8.37. The summed E-state index contributed by atoms with van der Waals surface area (Å²) in [5, 5.41) is 2.26. The molecule has 0 saturated heterocycles. The molecule has 0 aliphatic carbocycles. The van der Waals surface area contributed by atoms with Gasteiger partial charge in [-0.05, 0) is 105 Å². The molecule has 0 aliphatic heterocycles. The van der Waals surface area contributed by atoms with Gasteiger partial charge in [-0.25, -0.2) is 0 Å². The summed E-state index contributed by atoms with van der Waals surface area (Å²) in [7, 11) is 0. The Balaban J connectivity index is 1.23. The van der Waals surface area contributed by atoms with Crippen LogP contribution < -0.4 is 4.90 Å². The molecular weight excluding hydrogens is 725 g/mol. The van der Waals surface area contributed by atoms with Crippen LogP contribution in [0.4, 0.5) is 17.1 Å². The van der Waals surface area contributed by atoms with Gasteiger partial charge in [0, 0.05) is 33.3 Å². The molecule has 9 aromatic carbocycles. The highest BCUT2D eigenvalue weighted by atomic mass is 15.1. The van der Waals surface area contributed by atoms with E-state index in [-0.39, 0.29) is 12.1 Å². The summed E-state index contributed by atoms with van der Waals surface area (Å²) >= 11 is 0. The lowest BCUT2D eigenvalue weighted by Crippen LogP contribution is -2.13. The Kier molecular flexibility index (Phi) is 7.94. The number of hydrogen-bond donors (Lipinski definition) is 0. The zero-order valence-electron chi connectivity index (χ0n) is 38.7. The second-order valence-electron chi connectivity index (χ2n) is 14.8. The van der Waals surface area contributed by atoms with Gasteiger partial charge in [-0.15, -0.1) is 0 Å². The highest BCUT2D eigenvalue weighted by Gasteiger charge is 2.23. The Morgan fingerprint density at radius 2 is 0.867 bits per heavy atom. The van der Waals surface area contributed by atoms with Gasteiger partial charge in [-0.3, -0.25) is 0 Å². The molecule has 0 saturated carbocycles. The highest BCUT2D eigenvalue weighted by Crippen LogP contribution is 2.48. The quantitative estimate of drug-likeness (QED) is 0.134. The maximum Gasteiger partial charge on any atom is 0.0623 e. The lowest BCUT2D eigenvalue weighted by molar-refractivity contribution is 1.18. The SMILES string of the molecule is [2H]C([2H])=C([2H])c1ccc(-c2ccc(N(c3ccc4c(c3)c3ccccc3n4-c3ccccc3)c3ccc(-c4ccc(C([2H])=C([2H])[2H])cc4)cc3-c3ccccc3)c(-c3ccccc3)c2)cc1. The van der Waals surface area contributed by atoms with Gasteiger partial charge in [0.05, 0.1) is 30.6 Å². The first-order chi connectivity index (χ1) is 32.2. The molecule has 0 unspecified atom stereocenters. The lowest BCUT2D eigenvalue weighted by Gasteiger charge is -2.31. The van der Waals surface area contributed by atoms with Crippen LogP contribution in [0.5, 0.6) is 0 Å². The second kappa shape index (κ2) is 15.8. The van der Waals surface area contributed by atoms with Crippen LogP contribution in [-0.4, -0.2) is 4.57 Å². The molecule has 0 radical (unpaired) electrons. The fourth-order valence-corrected chi connectivity index (χ4v) is 8.37. The van der Waals surface area contributed by atoms with Gasteiger partial charge in [0.25, 0.3) is 0 Å². The van der Waals surface area contributed by atoms with Gasteiger partial charge in [-0.2, -0.15) is 0 Å². The van der Waals surface area contributed by atoms with E-state index in [0.717, 1.165) is 89.1 Å². The average Bonchev–Trinajstić information content (AvgIpc) is 3.70. The molecule has 1 aromatic heterocycles. The third-order valence-electron chi connectivity index (χ3n) is 11.3. The molecule has 0 atom stereocenters. The Bertz CT molecular complexity index is 3290. The number of benzene rings is 9. The Morgan fingerprint density at radius 3 is 1.40 bits per heavy atom. The van der Waals surface area contributed by atoms with Gasteiger partial charge >= 0.3 is 0 Å². The van der Waals surface area contributed by atoms with E-state index in [0.29, 0.717) is 11.1 Å². The monoisotopic (exact) mass is 772 g/mol. The van der Waals surface area contributed by atoms with Gasteiger partial charge < -0.3 is 9.47 Å². The van der Waals surface area contributed by atoms with Crippen LogP contribution in [0.1, 0.15) is 19.4 Å². The highest BCUT2D eigenvalue weighted by molar-refractivity contribution is 6.11. The van der Waals surface area contributed by atoms with E-state index >= 15 is 0 Å². The van der Waals surface area contributed by atoms with Crippen LogP contribution in [-0.2, 0) is 0 Å². The topological polar surface area (TPSA) is 8.17 Å². The van der Waals surface area contributed by atoms with Crippen molar-refractivity contribution in [3.63, 3.8) is 0 Å². The molecule has 0 amide bonds. The molecule has 0 bridgehead atoms. The molecule has 0 N–H and O–H groups in total. The minimum absolute atomic E-state index is 0.121. The van der Waals surface area contributed by atoms with Crippen molar-refractivity contribution < 1.29 is 8.22 Å². The summed E-state index contributed by atoms with van der Waals surface area (Å²) in [6, 6.07) is 74.4. The number of hydrogen-bond acceptors (Lipinski definition) is 1. The zero-order chi connectivity index (χ0) is 45.3. The van der Waals surface area contributed by atoms with Crippen molar-refractivity contribution in [1.82, 2.24) is 4.57 Å². The first-order valence-corrected chi connectivity index (χ1v) is 20.0. The first kappa shape index (κ1) is 30.2. The van der Waals surface area contributed by atoms with E-state index in [1.54, 1.807) is 24.3 Å². The van der Waals surface area contributed by atoms with Crippen molar-refractivity contribution in [1.29, 1.82) is 0 Å². The molecule has 0 fully saturated rings. The Labute approximate surface area is 360 Å². The summed E-state index contributed by atoms with van der Waals surface area (Å²) in [4.78, 5) is 2.36. The summed E-state index contributed by atoms with van der Waals surface area (Å²) < 4.78 is 49.5. The molecule has 10 aromatic rings. The lowest BCUT2D eigenvalue weighted by atomic mass is 9.93. The van der Waals surface area contributed by atoms with E-state index in [9.17, 15) is 0 Å². The van der Waals surface area contributed by atoms with E-state index in [1.165, 1.54) is 0 Å². The van der Waals surface area contributed by atoms with Crippen LogP contribution in [0.2, 0.25) is 0 Å². The molecule has 0 aliphatic rings. The minimum atomic E-state index is -0.522. The van der Waals surface area contributed by atoms with Crippen molar-refractivity contribution in [2.45, 2.75) is 0 Å². The van der Waals surface area contributed by atoms with Gasteiger partial charge in [-0.1, -0.05) is 183 Å². The fraction of sp³-hybridized carbons (Fsp3) is 0. The third kappa shape index (κ3) is 6.70. The van der Waals surface area contributed by atoms with E-state index in [2.05, 4.69) is 161 Å². The van der Waals surface area contributed by atoms with Crippen LogP contribution in [0, 0.1) is 0 Å². The maximum atomic E-state index is 8.22. The van der Waals surface area contributed by atoms with Crippen molar-refractivity contribution in [3.05, 3.63) is 243 Å². The average molecular weight is 773 g/mol. The Hall–Kier alpha value is -7.94. The molecule has 0 spiro atoms. The largest absolute Gasteiger partial charge is 0.309 e. The first-order valence-electron chi connectivity index (χ1n) is 23.0. The molecule has 1 heterocycles. The number of fused-ring (bicyclic) bond motifs is 3. The maximum absolute atomic E-state index is 8.22. The standard InChI is InChI=1S/C58H42N2/c1-3-41-24-28-43(29-25-41)47-32-35-56(52(38-47)45-16-8-5-9-17-45)60(50-34-37-58-54(40-50)51-22-14-15-23-55(51)59(58)49-20-12-7-13-21-49)57-36-33-48(44-30-26-42(4-2)27-31-44)39-53(57)46-18-10-6-11-19-46/h3-40H,1-2H2/i1D2,2D2,3D,4D. The Morgan fingerprint density at radius 1 is 0.400 bits per heavy atom. The van der Waals surface area contributed by atoms with Crippen LogP contribution in [0.3, 0.4) is 0 Å². The number of aromatic nitrogens is 1. The molecular formula is C58H42N2. The molecule has 10 rings (SSSR count). The number of para-hydroxylation sites is 2. The van der Waals surface area contributed by atoms with Crippen LogP contribution in [0.15, 0.2) is 231 Å². The normalized spacial score (nSPS) is 12.4. The van der Waals surface area contributed by atoms with E-state index < -0.39 is 13.1 Å². The van der Waals surface area contributed by atoms with Gasteiger partial charge in [0.2, 0.25) is 0 Å². The van der Waals surface area contributed by atoms with Gasteiger partial charge in [0.1, 0.15) is 0 Å². The smallest absolute Gasteiger partial charge is 0.0623 e. The molecule has 284 valence electrons. The van der Waals surface area contributed by atoms with Crippen LogP contribution >= 0.6 is 0 Å². The van der Waals surface area contributed by atoms with E-state index in [4.69, 9.17) is 8.22 Å². The van der Waals surface area contributed by atoms with Gasteiger partial charge in [0.15, 0.2) is 0 Å². The second-order valence-corrected chi connectivity index (χ2v) is 14.8. The summed E-state index contributed by atoms with van der Waals surface area (Å²) in [6.45, 7) is -1.04. The van der Waals surface area contributed by atoms with Crippen molar-refractivity contribution in [2.75, 3.05) is 4.90 Å². The summed E-state index contributed by atoms with van der Waals surface area (Å²) in [5.74, 6) is 0. The number of anilines is 3. The number of rotatable bonds is 10. The predicted molar refractivity (Wildman–Crippen MR) is 257 cm³/mol. The van der Waals surface area contributed by atoms with Crippen molar-refractivity contribution in [3.8, 4) is 50.2 Å². The summed E-state index contributed by atoms with van der Waals surface area (Å²) in [6.07, 6.45) is 0. The van der Waals surface area contributed by atoms with E-state index in [1.807, 2.05) is 42.5 Å². The van der Waals surface area contributed by atoms with Crippen molar-refractivity contribution >= 4 is 51.0 Å². The third-order valence-corrected chi connectivity index (χ3v) is 11.3. The minimum Gasteiger partial charge on any atom is -0.309 e. The summed E-state index contributed by atoms with van der Waals surface area (Å²) in [5.41, 5.74) is 15.2. The molecule has 60 heavy (non-hydrogen) atoms. The number of nitrogens with zero attached hydrogens (tertiary/aromatic N) is 2. The molecule has 2 nitrogen and oxygen atoms in total. The predicted octanol–water partition coefficient (Wildman–Crippen LogP) is 16.2. The molecule has 2 heteroatoms.